The van der Waals surface area contributed by atoms with E-state index >= 15 is 0 Å². The number of ether oxygens (including phenoxy) is 4. The van der Waals surface area contributed by atoms with Gasteiger partial charge in [0.05, 0.1) is 37.9 Å². The Morgan fingerprint density at radius 3 is 2.31 bits per heavy atom. The SMILES string of the molecule is COc1cc2c(cc1OC)CN(C[C@H]1C[C@@H](c3ccc(CO)cc3)O[C@@H](c3cccc(NS(=O)(=O)c4ccccc4)c3)O1)CC2. The van der Waals surface area contributed by atoms with E-state index in [1.165, 1.54) is 11.1 Å². The average Bonchev–Trinajstić information content (AvgIpc) is 3.07. The molecule has 4 aromatic rings. The third kappa shape index (κ3) is 7.16. The Labute approximate surface area is 264 Å². The first kappa shape index (κ1) is 31.1. The van der Waals surface area contributed by atoms with Gasteiger partial charge in [-0.25, -0.2) is 8.42 Å². The molecule has 3 atom stereocenters. The van der Waals surface area contributed by atoms with E-state index in [2.05, 4.69) is 21.8 Å². The zero-order valence-corrected chi connectivity index (χ0v) is 26.2. The van der Waals surface area contributed by atoms with Crippen molar-refractivity contribution in [2.45, 2.75) is 49.4 Å². The van der Waals surface area contributed by atoms with Crippen molar-refractivity contribution in [1.82, 2.24) is 4.90 Å². The Morgan fingerprint density at radius 1 is 0.867 bits per heavy atom. The van der Waals surface area contributed by atoms with E-state index in [1.807, 2.05) is 30.3 Å². The predicted molar refractivity (Wildman–Crippen MR) is 171 cm³/mol. The first-order chi connectivity index (χ1) is 21.8. The number of methoxy groups -OCH3 is 2. The van der Waals surface area contributed by atoms with Gasteiger partial charge in [0.2, 0.25) is 0 Å². The molecule has 236 valence electrons. The molecule has 2 aliphatic heterocycles. The molecule has 1 saturated heterocycles. The fourth-order valence-corrected chi connectivity index (χ4v) is 7.05. The maximum absolute atomic E-state index is 13.0. The van der Waals surface area contributed by atoms with Gasteiger partial charge in [0.25, 0.3) is 10.0 Å². The van der Waals surface area contributed by atoms with Crippen molar-refractivity contribution in [3.8, 4) is 11.5 Å². The summed E-state index contributed by atoms with van der Waals surface area (Å²) in [6.45, 7) is 2.30. The number of aliphatic hydroxyl groups is 1. The van der Waals surface area contributed by atoms with Gasteiger partial charge in [-0.15, -0.1) is 0 Å². The average molecular weight is 631 g/mol. The second kappa shape index (κ2) is 13.6. The normalized spacial score (nSPS) is 20.3. The van der Waals surface area contributed by atoms with E-state index in [-0.39, 0.29) is 23.7 Å². The number of rotatable bonds is 10. The van der Waals surface area contributed by atoms with Crippen molar-refractivity contribution in [2.75, 3.05) is 32.0 Å². The Hall–Kier alpha value is -3.93. The van der Waals surface area contributed by atoms with E-state index in [0.717, 1.165) is 42.1 Å². The number of hydrogen-bond acceptors (Lipinski definition) is 8. The lowest BCUT2D eigenvalue weighted by Gasteiger charge is -2.39. The molecule has 9 nitrogen and oxygen atoms in total. The minimum absolute atomic E-state index is 0.0288. The highest BCUT2D eigenvalue weighted by atomic mass is 32.2. The molecule has 0 aromatic heterocycles. The molecule has 4 aromatic carbocycles. The summed E-state index contributed by atoms with van der Waals surface area (Å²) in [4.78, 5) is 2.57. The number of hydrogen-bond donors (Lipinski definition) is 2. The van der Waals surface area contributed by atoms with Crippen LogP contribution in [0, 0.1) is 0 Å². The minimum Gasteiger partial charge on any atom is -0.493 e. The topological polar surface area (TPSA) is 107 Å². The number of anilines is 1. The van der Waals surface area contributed by atoms with Gasteiger partial charge >= 0.3 is 0 Å². The van der Waals surface area contributed by atoms with Crippen molar-refractivity contribution >= 4 is 15.7 Å². The third-order valence-corrected chi connectivity index (χ3v) is 9.74. The maximum Gasteiger partial charge on any atom is 0.261 e. The van der Waals surface area contributed by atoms with Crippen molar-refractivity contribution in [1.29, 1.82) is 0 Å². The number of nitrogens with one attached hydrogen (secondary N) is 1. The number of sulfonamides is 1. The highest BCUT2D eigenvalue weighted by Gasteiger charge is 2.34. The van der Waals surface area contributed by atoms with Gasteiger partial charge in [-0.1, -0.05) is 54.6 Å². The lowest BCUT2D eigenvalue weighted by molar-refractivity contribution is -0.253. The summed E-state index contributed by atoms with van der Waals surface area (Å²) in [5.41, 5.74) is 5.42. The van der Waals surface area contributed by atoms with Crippen LogP contribution >= 0.6 is 0 Å². The van der Waals surface area contributed by atoms with Gasteiger partial charge in [0, 0.05) is 37.3 Å². The first-order valence-electron chi connectivity index (χ1n) is 15.0. The minimum atomic E-state index is -3.76. The van der Waals surface area contributed by atoms with E-state index < -0.39 is 16.3 Å². The van der Waals surface area contributed by atoms with Crippen molar-refractivity contribution in [3.05, 3.63) is 119 Å². The van der Waals surface area contributed by atoms with E-state index in [9.17, 15) is 13.5 Å². The molecule has 2 N–H and O–H groups in total. The van der Waals surface area contributed by atoms with Crippen LogP contribution in [0.15, 0.2) is 95.9 Å². The summed E-state index contributed by atoms with van der Waals surface area (Å²) in [6.07, 6.45) is 0.405. The highest BCUT2D eigenvalue weighted by Crippen LogP contribution is 2.40. The van der Waals surface area contributed by atoms with Crippen LogP contribution in [-0.2, 0) is 39.1 Å². The fourth-order valence-electron chi connectivity index (χ4n) is 5.98. The number of nitrogens with zero attached hydrogens (tertiary/aromatic N) is 1. The molecule has 10 heteroatoms. The Kier molecular flexibility index (Phi) is 9.39. The van der Waals surface area contributed by atoms with Gasteiger partial charge in [-0.3, -0.25) is 9.62 Å². The quantitative estimate of drug-likeness (QED) is 0.233. The van der Waals surface area contributed by atoms with Crippen molar-refractivity contribution < 1.29 is 32.5 Å². The molecular formula is C35H38N2O7S. The zero-order valence-electron chi connectivity index (χ0n) is 25.4. The van der Waals surface area contributed by atoms with Crippen LogP contribution in [0.3, 0.4) is 0 Å². The van der Waals surface area contributed by atoms with Crippen molar-refractivity contribution in [3.63, 3.8) is 0 Å². The molecule has 6 rings (SSSR count). The van der Waals surface area contributed by atoms with Gasteiger partial charge in [0.1, 0.15) is 0 Å². The molecule has 2 heterocycles. The van der Waals surface area contributed by atoms with Crippen LogP contribution in [-0.4, -0.2) is 51.8 Å². The van der Waals surface area contributed by atoms with Crippen LogP contribution in [0.2, 0.25) is 0 Å². The van der Waals surface area contributed by atoms with E-state index in [1.54, 1.807) is 62.8 Å². The van der Waals surface area contributed by atoms with Crippen LogP contribution in [0.1, 0.15) is 46.6 Å². The molecule has 0 saturated carbocycles. The zero-order chi connectivity index (χ0) is 31.4. The van der Waals surface area contributed by atoms with Crippen molar-refractivity contribution in [2.24, 2.45) is 0 Å². The summed E-state index contributed by atoms with van der Waals surface area (Å²) >= 11 is 0. The molecular weight excluding hydrogens is 592 g/mol. The van der Waals surface area contributed by atoms with Gasteiger partial charge in [0.15, 0.2) is 17.8 Å². The molecule has 45 heavy (non-hydrogen) atoms. The summed E-state index contributed by atoms with van der Waals surface area (Å²) in [5, 5.41) is 9.54. The van der Waals surface area contributed by atoms with Crippen LogP contribution in [0.4, 0.5) is 5.69 Å². The molecule has 0 spiro atoms. The van der Waals surface area contributed by atoms with Gasteiger partial charge < -0.3 is 24.1 Å². The van der Waals surface area contributed by atoms with E-state index in [0.29, 0.717) is 24.2 Å². The Balaban J connectivity index is 1.23. The molecule has 1 fully saturated rings. The molecule has 0 aliphatic carbocycles. The summed E-state index contributed by atoms with van der Waals surface area (Å²) < 4.78 is 52.9. The van der Waals surface area contributed by atoms with Gasteiger partial charge in [-0.05, 0) is 65.1 Å². The van der Waals surface area contributed by atoms with E-state index in [4.69, 9.17) is 18.9 Å². The predicted octanol–water partition coefficient (Wildman–Crippen LogP) is 5.60. The third-order valence-electron chi connectivity index (χ3n) is 8.34. The number of fused-ring (bicyclic) bond motifs is 1. The number of aliphatic hydroxyl groups excluding tert-OH is 1. The molecule has 0 radical (unpaired) electrons. The Morgan fingerprint density at radius 2 is 1.60 bits per heavy atom. The summed E-state index contributed by atoms with van der Waals surface area (Å²) in [5.74, 6) is 1.46. The monoisotopic (exact) mass is 630 g/mol. The maximum atomic E-state index is 13.0. The summed E-state index contributed by atoms with van der Waals surface area (Å²) in [7, 11) is -0.459. The molecule has 0 unspecified atom stereocenters. The highest BCUT2D eigenvalue weighted by molar-refractivity contribution is 7.92. The fraction of sp³-hybridized carbons (Fsp3) is 0.314. The molecule has 0 amide bonds. The van der Waals surface area contributed by atoms with Crippen LogP contribution < -0.4 is 14.2 Å². The first-order valence-corrected chi connectivity index (χ1v) is 16.5. The van der Waals surface area contributed by atoms with Crippen LogP contribution in [0.5, 0.6) is 11.5 Å². The van der Waals surface area contributed by atoms with Gasteiger partial charge in [-0.2, -0.15) is 0 Å². The summed E-state index contributed by atoms with van der Waals surface area (Å²) in [6, 6.07) is 27.3. The number of benzene rings is 4. The molecule has 0 bridgehead atoms. The Bertz CT molecular complexity index is 1710. The largest absolute Gasteiger partial charge is 0.493 e. The smallest absolute Gasteiger partial charge is 0.261 e. The second-order valence-corrected chi connectivity index (χ2v) is 13.0. The second-order valence-electron chi connectivity index (χ2n) is 11.4. The molecule has 2 aliphatic rings. The standard InChI is InChI=1S/C35H38N2O7S/c1-41-33-18-26-15-16-37(21-28(26)19-34(33)42-2)22-30-20-32(25-13-11-24(23-38)12-14-25)44-35(43-30)27-7-6-8-29(17-27)36-45(39,40)31-9-4-3-5-10-31/h3-14,17-19,30,32,35-36,38H,15-16,20-23H2,1-2H3/t30-,32+,35+/m1/s1. The lowest BCUT2D eigenvalue weighted by Crippen LogP contribution is -2.41. The lowest BCUT2D eigenvalue weighted by atomic mass is 9.97. The van der Waals surface area contributed by atoms with Crippen LogP contribution in [0.25, 0.3) is 0 Å².